The van der Waals surface area contributed by atoms with Gasteiger partial charge >= 0.3 is 5.91 Å². The number of carbonyl (C=O) groups excluding carboxylic acids is 2. The SMILES string of the molecule is Cc1nc(N2C(=O)C(=O)C(=C(O)c3ccc(F)cc3)C2c2ccc(O)cc2)sc1C. The maximum atomic E-state index is 13.3. The minimum atomic E-state index is -0.944. The minimum absolute atomic E-state index is 0.0233. The molecule has 2 aromatic carbocycles. The predicted molar refractivity (Wildman–Crippen MR) is 111 cm³/mol. The lowest BCUT2D eigenvalue weighted by atomic mass is 9.95. The molecule has 2 heterocycles. The van der Waals surface area contributed by atoms with E-state index in [1.807, 2.05) is 6.92 Å². The van der Waals surface area contributed by atoms with Gasteiger partial charge in [-0.1, -0.05) is 12.1 Å². The number of aliphatic hydroxyl groups is 1. The van der Waals surface area contributed by atoms with E-state index < -0.39 is 29.3 Å². The van der Waals surface area contributed by atoms with Gasteiger partial charge in [-0.3, -0.25) is 14.5 Å². The third-order valence-corrected chi connectivity index (χ3v) is 6.07. The second-order valence-electron chi connectivity index (χ2n) is 6.91. The molecule has 1 saturated heterocycles. The predicted octanol–water partition coefficient (Wildman–Crippen LogP) is 4.23. The summed E-state index contributed by atoms with van der Waals surface area (Å²) in [5.74, 6) is -2.55. The van der Waals surface area contributed by atoms with Crippen molar-refractivity contribution in [2.24, 2.45) is 0 Å². The van der Waals surface area contributed by atoms with E-state index in [1.165, 1.54) is 40.5 Å². The Labute approximate surface area is 175 Å². The molecule has 1 aliphatic rings. The van der Waals surface area contributed by atoms with Crippen LogP contribution in [0.5, 0.6) is 5.75 Å². The summed E-state index contributed by atoms with van der Waals surface area (Å²) in [6.45, 7) is 3.67. The molecule has 0 bridgehead atoms. The summed E-state index contributed by atoms with van der Waals surface area (Å²) in [6.07, 6.45) is 0. The van der Waals surface area contributed by atoms with Gasteiger partial charge in [-0.15, -0.1) is 11.3 Å². The van der Waals surface area contributed by atoms with Crippen molar-refractivity contribution in [2.45, 2.75) is 19.9 Å². The Kier molecular flexibility index (Phi) is 4.87. The van der Waals surface area contributed by atoms with E-state index in [2.05, 4.69) is 4.98 Å². The van der Waals surface area contributed by atoms with E-state index in [-0.39, 0.29) is 16.9 Å². The zero-order chi connectivity index (χ0) is 21.6. The van der Waals surface area contributed by atoms with E-state index in [9.17, 15) is 24.2 Å². The van der Waals surface area contributed by atoms with Crippen LogP contribution in [0.4, 0.5) is 9.52 Å². The van der Waals surface area contributed by atoms with Crippen LogP contribution in [0.3, 0.4) is 0 Å². The summed E-state index contributed by atoms with van der Waals surface area (Å²) in [4.78, 5) is 32.5. The molecule has 30 heavy (non-hydrogen) atoms. The molecule has 4 rings (SSSR count). The number of ketones is 1. The monoisotopic (exact) mass is 424 g/mol. The summed E-state index contributed by atoms with van der Waals surface area (Å²) in [6, 6.07) is 10.1. The molecular weight excluding hydrogens is 407 g/mol. The number of amides is 1. The fourth-order valence-corrected chi connectivity index (χ4v) is 4.26. The Morgan fingerprint density at radius 2 is 1.70 bits per heavy atom. The van der Waals surface area contributed by atoms with Gasteiger partial charge in [0.2, 0.25) is 0 Å². The summed E-state index contributed by atoms with van der Waals surface area (Å²) in [5, 5.41) is 20.9. The van der Waals surface area contributed by atoms with Gasteiger partial charge in [0, 0.05) is 10.4 Å². The normalized spacial score (nSPS) is 18.2. The molecule has 0 radical (unpaired) electrons. The Hall–Kier alpha value is -3.52. The van der Waals surface area contributed by atoms with Crippen molar-refractivity contribution in [3.8, 4) is 5.75 Å². The Morgan fingerprint density at radius 1 is 1.07 bits per heavy atom. The summed E-state index contributed by atoms with van der Waals surface area (Å²) in [5.41, 5.74) is 1.34. The van der Waals surface area contributed by atoms with Crippen LogP contribution in [0, 0.1) is 19.7 Å². The number of carbonyl (C=O) groups is 2. The molecule has 2 N–H and O–H groups in total. The first-order chi connectivity index (χ1) is 14.3. The molecule has 1 aliphatic heterocycles. The molecule has 0 spiro atoms. The van der Waals surface area contributed by atoms with E-state index in [4.69, 9.17) is 0 Å². The zero-order valence-corrected chi connectivity index (χ0v) is 16.9. The third kappa shape index (κ3) is 3.25. The van der Waals surface area contributed by atoms with E-state index in [0.717, 1.165) is 22.7 Å². The van der Waals surface area contributed by atoms with Crippen LogP contribution in [0.25, 0.3) is 5.76 Å². The highest BCUT2D eigenvalue weighted by atomic mass is 32.1. The lowest BCUT2D eigenvalue weighted by molar-refractivity contribution is -0.132. The highest BCUT2D eigenvalue weighted by Crippen LogP contribution is 2.43. The number of thiazole rings is 1. The van der Waals surface area contributed by atoms with Crippen molar-refractivity contribution in [1.82, 2.24) is 4.98 Å². The van der Waals surface area contributed by atoms with Crippen molar-refractivity contribution < 1.29 is 24.2 Å². The standard InChI is InChI=1S/C22H17FN2O4S/c1-11-12(2)30-22(24-11)25-18(13-5-9-16(26)10-6-13)17(20(28)21(25)29)19(27)14-3-7-15(23)8-4-14/h3-10,18,26-27H,1-2H3. The van der Waals surface area contributed by atoms with E-state index in [1.54, 1.807) is 19.1 Å². The summed E-state index contributed by atoms with van der Waals surface area (Å²) < 4.78 is 13.3. The van der Waals surface area contributed by atoms with Gasteiger partial charge in [0.1, 0.15) is 17.3 Å². The van der Waals surface area contributed by atoms with Gasteiger partial charge in [0.25, 0.3) is 5.78 Å². The van der Waals surface area contributed by atoms with Gasteiger partial charge in [-0.2, -0.15) is 0 Å². The molecule has 1 fully saturated rings. The van der Waals surface area contributed by atoms with Crippen LogP contribution < -0.4 is 4.90 Å². The quantitative estimate of drug-likeness (QED) is 0.373. The van der Waals surface area contributed by atoms with Crippen molar-refractivity contribution in [2.75, 3.05) is 4.90 Å². The number of hydrogen-bond donors (Lipinski definition) is 2. The van der Waals surface area contributed by atoms with Gasteiger partial charge in [0.05, 0.1) is 17.3 Å². The van der Waals surface area contributed by atoms with Gasteiger partial charge in [-0.05, 0) is 55.8 Å². The molecule has 0 saturated carbocycles. The number of benzene rings is 2. The van der Waals surface area contributed by atoms with Crippen molar-refractivity contribution in [1.29, 1.82) is 0 Å². The first kappa shape index (κ1) is 19.8. The third-order valence-electron chi connectivity index (χ3n) is 4.99. The number of rotatable bonds is 3. The first-order valence-electron chi connectivity index (χ1n) is 9.08. The zero-order valence-electron chi connectivity index (χ0n) is 16.1. The fourth-order valence-electron chi connectivity index (χ4n) is 3.32. The molecular formula is C22H17FN2O4S. The molecule has 8 heteroatoms. The maximum absolute atomic E-state index is 13.3. The van der Waals surface area contributed by atoms with Gasteiger partial charge in [-0.25, -0.2) is 9.37 Å². The number of phenolic OH excluding ortho intramolecular Hbond substituents is 1. The van der Waals surface area contributed by atoms with Crippen LogP contribution in [-0.2, 0) is 9.59 Å². The average molecular weight is 424 g/mol. The van der Waals surface area contributed by atoms with Crippen LogP contribution in [-0.4, -0.2) is 26.9 Å². The van der Waals surface area contributed by atoms with Crippen molar-refractivity contribution in [3.05, 3.63) is 81.6 Å². The molecule has 1 aromatic heterocycles. The lowest BCUT2D eigenvalue weighted by Crippen LogP contribution is -2.29. The number of aromatic hydroxyl groups is 1. The number of halogens is 1. The van der Waals surface area contributed by atoms with Crippen molar-refractivity contribution in [3.63, 3.8) is 0 Å². The molecule has 1 atom stereocenters. The molecule has 1 unspecified atom stereocenters. The first-order valence-corrected chi connectivity index (χ1v) is 9.89. The second kappa shape index (κ2) is 7.38. The molecule has 0 aliphatic carbocycles. The van der Waals surface area contributed by atoms with Crippen LogP contribution in [0.2, 0.25) is 0 Å². The average Bonchev–Trinajstić information content (AvgIpc) is 3.18. The number of aryl methyl sites for hydroxylation is 2. The van der Waals surface area contributed by atoms with E-state index >= 15 is 0 Å². The fraction of sp³-hybridized carbons (Fsp3) is 0.136. The smallest absolute Gasteiger partial charge is 0.301 e. The van der Waals surface area contributed by atoms with Gasteiger partial charge < -0.3 is 10.2 Å². The number of hydrogen-bond acceptors (Lipinski definition) is 6. The van der Waals surface area contributed by atoms with Crippen LogP contribution in [0.1, 0.15) is 27.7 Å². The Bertz CT molecular complexity index is 1160. The highest BCUT2D eigenvalue weighted by molar-refractivity contribution is 7.16. The second-order valence-corrected chi connectivity index (χ2v) is 8.09. The number of aromatic nitrogens is 1. The topological polar surface area (TPSA) is 90.7 Å². The number of phenols is 1. The number of anilines is 1. The number of aliphatic hydroxyl groups excluding tert-OH is 1. The highest BCUT2D eigenvalue weighted by Gasteiger charge is 2.48. The lowest BCUT2D eigenvalue weighted by Gasteiger charge is -2.23. The molecule has 1 amide bonds. The number of Topliss-reactive ketones (excluding diaryl/α,β-unsaturated/α-hetero) is 1. The maximum Gasteiger partial charge on any atom is 0.301 e. The Balaban J connectivity index is 1.94. The summed E-state index contributed by atoms with van der Waals surface area (Å²) in [7, 11) is 0. The molecule has 6 nitrogen and oxygen atoms in total. The van der Waals surface area contributed by atoms with Gasteiger partial charge in [0.15, 0.2) is 5.13 Å². The van der Waals surface area contributed by atoms with Crippen molar-refractivity contribution >= 4 is 33.9 Å². The molecule has 152 valence electrons. The van der Waals surface area contributed by atoms with Crippen LogP contribution >= 0.6 is 11.3 Å². The van der Waals surface area contributed by atoms with Crippen LogP contribution in [0.15, 0.2) is 54.1 Å². The molecule has 3 aromatic rings. The Morgan fingerprint density at radius 3 is 2.27 bits per heavy atom. The summed E-state index contributed by atoms with van der Waals surface area (Å²) >= 11 is 1.27. The number of nitrogens with zero attached hydrogens (tertiary/aromatic N) is 2. The minimum Gasteiger partial charge on any atom is -0.508 e. The largest absolute Gasteiger partial charge is 0.508 e. The van der Waals surface area contributed by atoms with E-state index in [0.29, 0.717) is 10.7 Å².